The summed E-state index contributed by atoms with van der Waals surface area (Å²) < 4.78 is 23.7. The van der Waals surface area contributed by atoms with E-state index in [2.05, 4.69) is 5.32 Å². The zero-order valence-electron chi connectivity index (χ0n) is 8.44. The lowest BCUT2D eigenvalue weighted by atomic mass is 10.1. The number of hydrogen-bond donors (Lipinski definition) is 1. The minimum atomic E-state index is -3.02. The molecule has 3 nitrogen and oxygen atoms in total. The highest BCUT2D eigenvalue weighted by atomic mass is 32.2. The van der Waals surface area contributed by atoms with Gasteiger partial charge in [-0.3, -0.25) is 0 Å². The molecule has 2 aliphatic rings. The fraction of sp³-hybridized carbons (Fsp3) is 0.364. The van der Waals surface area contributed by atoms with Crippen LogP contribution in [0, 0.1) is 5.25 Å². The lowest BCUT2D eigenvalue weighted by molar-refractivity contribution is 0.574. The summed E-state index contributed by atoms with van der Waals surface area (Å²) in [6, 6.07) is 0. The van der Waals surface area contributed by atoms with Crippen LogP contribution in [0.1, 0.15) is 19.3 Å². The van der Waals surface area contributed by atoms with Crippen molar-refractivity contribution in [1.29, 1.82) is 0 Å². The van der Waals surface area contributed by atoms with Gasteiger partial charge in [0.2, 0.25) is 0 Å². The zero-order valence-corrected chi connectivity index (χ0v) is 9.26. The Morgan fingerprint density at radius 2 is 2.00 bits per heavy atom. The van der Waals surface area contributed by atoms with Crippen LogP contribution in [0.5, 0.6) is 0 Å². The summed E-state index contributed by atoms with van der Waals surface area (Å²) in [5, 5.41) is 3.57. The normalized spacial score (nSPS) is 25.5. The van der Waals surface area contributed by atoms with Crippen molar-refractivity contribution in [2.24, 2.45) is 0 Å². The van der Waals surface area contributed by atoms with Gasteiger partial charge in [0.05, 0.1) is 5.75 Å². The molecule has 81 valence electrons. The summed E-state index contributed by atoms with van der Waals surface area (Å²) in [4.78, 5) is 0. The third-order valence-corrected chi connectivity index (χ3v) is 4.56. The molecule has 0 aliphatic carbocycles. The lowest BCUT2D eigenvalue weighted by Gasteiger charge is -2.23. The Bertz CT molecular complexity index is 418. The Balaban J connectivity index is 2.25. The highest BCUT2D eigenvalue weighted by Crippen LogP contribution is 2.31. The second kappa shape index (κ2) is 4.23. The van der Waals surface area contributed by atoms with Crippen molar-refractivity contribution in [2.75, 3.05) is 5.75 Å². The monoisotopic (exact) mass is 224 g/mol. The summed E-state index contributed by atoms with van der Waals surface area (Å²) in [6.07, 6.45) is 11.5. The third kappa shape index (κ3) is 2.31. The van der Waals surface area contributed by atoms with Crippen molar-refractivity contribution < 1.29 is 8.42 Å². The van der Waals surface area contributed by atoms with Crippen LogP contribution in [-0.2, 0) is 9.84 Å². The molecule has 1 N–H and O–H groups in total. The molecule has 0 bridgehead atoms. The number of rotatable bonds is 1. The Kier molecular flexibility index (Phi) is 2.95. The summed E-state index contributed by atoms with van der Waals surface area (Å²) in [7, 11) is -3.02. The summed E-state index contributed by atoms with van der Waals surface area (Å²) in [5.74, 6) is 0.286. The maximum absolute atomic E-state index is 11.8. The minimum Gasteiger partial charge on any atom is -0.364 e. The Labute approximate surface area is 90.5 Å². The minimum absolute atomic E-state index is 0.286. The highest BCUT2D eigenvalue weighted by molar-refractivity contribution is 7.94. The molecule has 1 radical (unpaired) electrons. The summed E-state index contributed by atoms with van der Waals surface area (Å²) in [6.45, 7) is 0. The average molecular weight is 224 g/mol. The van der Waals surface area contributed by atoms with Crippen LogP contribution in [0.15, 0.2) is 36.2 Å². The van der Waals surface area contributed by atoms with Crippen molar-refractivity contribution in [1.82, 2.24) is 5.32 Å². The van der Waals surface area contributed by atoms with Gasteiger partial charge in [0.1, 0.15) is 5.25 Å². The van der Waals surface area contributed by atoms with Crippen molar-refractivity contribution in [3.8, 4) is 0 Å². The van der Waals surface area contributed by atoms with Gasteiger partial charge < -0.3 is 5.32 Å². The van der Waals surface area contributed by atoms with Crippen LogP contribution in [0.4, 0.5) is 0 Å². The highest BCUT2D eigenvalue weighted by Gasteiger charge is 2.32. The fourth-order valence-electron chi connectivity index (χ4n) is 1.79. The van der Waals surface area contributed by atoms with Gasteiger partial charge in [-0.2, -0.15) is 0 Å². The van der Waals surface area contributed by atoms with Gasteiger partial charge in [-0.1, -0.05) is 18.6 Å². The molecule has 0 aromatic heterocycles. The number of allylic oxidation sites excluding steroid dienone is 4. The predicted molar refractivity (Wildman–Crippen MR) is 60.4 cm³/mol. The molecule has 2 aliphatic heterocycles. The number of nitrogens with one attached hydrogen (secondary N) is 1. The van der Waals surface area contributed by atoms with Crippen LogP contribution >= 0.6 is 0 Å². The van der Waals surface area contributed by atoms with E-state index in [0.717, 1.165) is 18.5 Å². The van der Waals surface area contributed by atoms with Crippen LogP contribution in [0.25, 0.3) is 0 Å². The molecule has 15 heavy (non-hydrogen) atoms. The van der Waals surface area contributed by atoms with Crippen LogP contribution in [-0.4, -0.2) is 14.2 Å². The van der Waals surface area contributed by atoms with Gasteiger partial charge in [-0.05, 0) is 25.0 Å². The van der Waals surface area contributed by atoms with Gasteiger partial charge in [0, 0.05) is 11.9 Å². The molecule has 0 aromatic carbocycles. The molecule has 2 heterocycles. The smallest absolute Gasteiger partial charge is 0.163 e. The van der Waals surface area contributed by atoms with E-state index in [0.29, 0.717) is 11.7 Å². The van der Waals surface area contributed by atoms with E-state index in [4.69, 9.17) is 0 Å². The molecule has 4 heteroatoms. The molecule has 0 amide bonds. The third-order valence-electron chi connectivity index (χ3n) is 2.56. The van der Waals surface area contributed by atoms with Crippen LogP contribution < -0.4 is 5.32 Å². The molecule has 0 aromatic rings. The van der Waals surface area contributed by atoms with E-state index in [-0.39, 0.29) is 5.75 Å². The van der Waals surface area contributed by atoms with Gasteiger partial charge in [-0.25, -0.2) is 8.42 Å². The Morgan fingerprint density at radius 3 is 2.80 bits per heavy atom. The van der Waals surface area contributed by atoms with Gasteiger partial charge in [-0.15, -0.1) is 0 Å². The molecular formula is C11H14NO2S. The van der Waals surface area contributed by atoms with Crippen molar-refractivity contribution >= 4 is 9.84 Å². The Hall–Kier alpha value is -1.03. The standard InChI is InChI=1S/C11H14NO2S/c13-15(14)9-5-3-7-11(15)10-6-2-1-4-8-12-10/h1-2,4,6,8,12H,3,5,7,9H2. The summed E-state index contributed by atoms with van der Waals surface area (Å²) in [5.41, 5.74) is 0.722. The first-order chi connectivity index (χ1) is 7.20. The van der Waals surface area contributed by atoms with Crippen LogP contribution in [0.2, 0.25) is 0 Å². The van der Waals surface area contributed by atoms with E-state index < -0.39 is 9.84 Å². The predicted octanol–water partition coefficient (Wildman–Crippen LogP) is 1.67. The van der Waals surface area contributed by atoms with Gasteiger partial charge in [0.25, 0.3) is 0 Å². The lowest BCUT2D eigenvalue weighted by Crippen LogP contribution is -2.27. The molecule has 1 saturated heterocycles. The first kappa shape index (κ1) is 10.5. The van der Waals surface area contributed by atoms with E-state index in [1.165, 1.54) is 0 Å². The molecule has 0 spiro atoms. The number of hydrogen-bond acceptors (Lipinski definition) is 3. The van der Waals surface area contributed by atoms with Crippen LogP contribution in [0.3, 0.4) is 0 Å². The zero-order chi connectivity index (χ0) is 10.7. The SMILES string of the molecule is O=S1(=O)CCCC[C]1C1=CC=CC=CN1. The van der Waals surface area contributed by atoms with E-state index in [1.54, 1.807) is 6.20 Å². The second-order valence-electron chi connectivity index (χ2n) is 3.67. The molecule has 0 saturated carbocycles. The molecule has 0 unspecified atom stereocenters. The van der Waals surface area contributed by atoms with Crippen molar-refractivity contribution in [2.45, 2.75) is 19.3 Å². The van der Waals surface area contributed by atoms with Crippen molar-refractivity contribution in [3.05, 3.63) is 41.5 Å². The molecular weight excluding hydrogens is 210 g/mol. The molecule has 1 fully saturated rings. The van der Waals surface area contributed by atoms with Gasteiger partial charge >= 0.3 is 0 Å². The Morgan fingerprint density at radius 1 is 1.13 bits per heavy atom. The molecule has 0 atom stereocenters. The average Bonchev–Trinajstić information content (AvgIpc) is 2.45. The second-order valence-corrected chi connectivity index (χ2v) is 5.80. The molecule has 2 rings (SSSR count). The van der Waals surface area contributed by atoms with E-state index >= 15 is 0 Å². The maximum atomic E-state index is 11.8. The number of sulfone groups is 1. The first-order valence-electron chi connectivity index (χ1n) is 5.09. The van der Waals surface area contributed by atoms with Crippen molar-refractivity contribution in [3.63, 3.8) is 0 Å². The maximum Gasteiger partial charge on any atom is 0.163 e. The quantitative estimate of drug-likeness (QED) is 0.737. The fourth-order valence-corrected chi connectivity index (χ4v) is 3.54. The topological polar surface area (TPSA) is 46.2 Å². The largest absolute Gasteiger partial charge is 0.364 e. The summed E-state index contributed by atoms with van der Waals surface area (Å²) >= 11 is 0. The van der Waals surface area contributed by atoms with E-state index in [1.807, 2.05) is 24.3 Å². The first-order valence-corrected chi connectivity index (χ1v) is 6.74. The van der Waals surface area contributed by atoms with E-state index in [9.17, 15) is 8.42 Å². The van der Waals surface area contributed by atoms with Gasteiger partial charge in [0.15, 0.2) is 9.84 Å².